The van der Waals surface area contributed by atoms with Crippen molar-refractivity contribution in [2.75, 3.05) is 18.5 Å². The first-order valence-electron chi connectivity index (χ1n) is 5.70. The van der Waals surface area contributed by atoms with E-state index in [4.69, 9.17) is 10.5 Å². The second-order valence-electron chi connectivity index (χ2n) is 3.77. The highest BCUT2D eigenvalue weighted by Gasteiger charge is 2.05. The van der Waals surface area contributed by atoms with Crippen LogP contribution in [0.4, 0.5) is 15.9 Å². The summed E-state index contributed by atoms with van der Waals surface area (Å²) < 4.78 is 19.6. The van der Waals surface area contributed by atoms with Gasteiger partial charge in [-0.2, -0.15) is 0 Å². The van der Waals surface area contributed by atoms with Gasteiger partial charge in [-0.3, -0.25) is 0 Å². The smallest absolute Gasteiger partial charge is 0.166 e. The SMILES string of the molecule is NCCOc1cccc(Nc2ncc(Br)cc2F)c1. The van der Waals surface area contributed by atoms with Gasteiger partial charge in [-0.15, -0.1) is 0 Å². The first kappa shape index (κ1) is 13.8. The van der Waals surface area contributed by atoms with E-state index in [0.717, 1.165) is 0 Å². The number of ether oxygens (including phenoxy) is 1. The zero-order chi connectivity index (χ0) is 13.7. The van der Waals surface area contributed by atoms with Gasteiger partial charge in [-0.1, -0.05) is 6.07 Å². The minimum Gasteiger partial charge on any atom is -0.492 e. The fourth-order valence-corrected chi connectivity index (χ4v) is 1.79. The first-order chi connectivity index (χ1) is 9.19. The van der Waals surface area contributed by atoms with Crippen LogP contribution in [0, 0.1) is 5.82 Å². The molecule has 100 valence electrons. The standard InChI is InChI=1S/C13H13BrFN3O/c14-9-6-12(15)13(17-8-9)18-10-2-1-3-11(7-10)19-5-4-16/h1-3,6-8H,4-5,16H2,(H,17,18). The molecule has 1 heterocycles. The Hall–Kier alpha value is -1.66. The van der Waals surface area contributed by atoms with Crippen LogP contribution in [0.3, 0.4) is 0 Å². The molecule has 0 aliphatic heterocycles. The number of halogens is 2. The molecule has 0 saturated heterocycles. The number of nitrogens with one attached hydrogen (secondary N) is 1. The van der Waals surface area contributed by atoms with Gasteiger partial charge in [0.15, 0.2) is 11.6 Å². The molecule has 0 bridgehead atoms. The number of pyridine rings is 1. The largest absolute Gasteiger partial charge is 0.492 e. The van der Waals surface area contributed by atoms with Crippen molar-refractivity contribution in [1.29, 1.82) is 0 Å². The summed E-state index contributed by atoms with van der Waals surface area (Å²) in [6.45, 7) is 0.884. The predicted octanol–water partition coefficient (Wildman–Crippen LogP) is 3.06. The van der Waals surface area contributed by atoms with Gasteiger partial charge in [-0.05, 0) is 34.1 Å². The fraction of sp³-hybridized carbons (Fsp3) is 0.154. The third-order valence-corrected chi connectivity index (χ3v) is 2.72. The second kappa shape index (κ2) is 6.49. The quantitative estimate of drug-likeness (QED) is 0.887. The molecule has 1 aromatic heterocycles. The van der Waals surface area contributed by atoms with Crippen molar-refractivity contribution < 1.29 is 9.13 Å². The van der Waals surface area contributed by atoms with Crippen LogP contribution in [0.1, 0.15) is 0 Å². The molecule has 19 heavy (non-hydrogen) atoms. The number of rotatable bonds is 5. The summed E-state index contributed by atoms with van der Waals surface area (Å²) in [5.41, 5.74) is 6.06. The molecule has 0 fully saturated rings. The molecule has 0 amide bonds. The molecular weight excluding hydrogens is 313 g/mol. The molecule has 0 saturated carbocycles. The number of hydrogen-bond acceptors (Lipinski definition) is 4. The van der Waals surface area contributed by atoms with Gasteiger partial charge in [0.25, 0.3) is 0 Å². The number of hydrogen-bond donors (Lipinski definition) is 2. The zero-order valence-electron chi connectivity index (χ0n) is 10.1. The number of benzene rings is 1. The van der Waals surface area contributed by atoms with Crippen LogP contribution in [-0.4, -0.2) is 18.1 Å². The van der Waals surface area contributed by atoms with E-state index < -0.39 is 5.82 Å². The average Bonchev–Trinajstić information content (AvgIpc) is 2.40. The van der Waals surface area contributed by atoms with Gasteiger partial charge in [0.05, 0.1) is 0 Å². The van der Waals surface area contributed by atoms with Crippen LogP contribution in [-0.2, 0) is 0 Å². The van der Waals surface area contributed by atoms with Crippen molar-refractivity contribution in [3.8, 4) is 5.75 Å². The maximum absolute atomic E-state index is 13.6. The maximum atomic E-state index is 13.6. The van der Waals surface area contributed by atoms with E-state index in [1.54, 1.807) is 12.1 Å². The Kier molecular flexibility index (Phi) is 4.70. The number of anilines is 2. The lowest BCUT2D eigenvalue weighted by Gasteiger charge is -2.09. The second-order valence-corrected chi connectivity index (χ2v) is 4.69. The molecule has 1 aromatic carbocycles. The van der Waals surface area contributed by atoms with Crippen molar-refractivity contribution in [2.24, 2.45) is 5.73 Å². The highest BCUT2D eigenvalue weighted by atomic mass is 79.9. The van der Waals surface area contributed by atoms with Crippen LogP contribution in [0.15, 0.2) is 41.0 Å². The Morgan fingerprint density at radius 2 is 2.21 bits per heavy atom. The first-order valence-corrected chi connectivity index (χ1v) is 6.49. The van der Waals surface area contributed by atoms with Gasteiger partial charge in [0.2, 0.25) is 0 Å². The van der Waals surface area contributed by atoms with Crippen LogP contribution in [0.5, 0.6) is 5.75 Å². The Balaban J connectivity index is 2.14. The van der Waals surface area contributed by atoms with Crippen LogP contribution in [0.2, 0.25) is 0 Å². The molecule has 0 unspecified atom stereocenters. The number of aromatic nitrogens is 1. The van der Waals surface area contributed by atoms with Crippen molar-refractivity contribution in [3.05, 3.63) is 46.8 Å². The Morgan fingerprint density at radius 1 is 1.37 bits per heavy atom. The van der Waals surface area contributed by atoms with E-state index in [-0.39, 0.29) is 5.82 Å². The Bertz CT molecular complexity index is 565. The molecule has 6 heteroatoms. The van der Waals surface area contributed by atoms with Crippen LogP contribution >= 0.6 is 15.9 Å². The van der Waals surface area contributed by atoms with E-state index in [9.17, 15) is 4.39 Å². The Morgan fingerprint density at radius 3 is 2.95 bits per heavy atom. The topological polar surface area (TPSA) is 60.2 Å². The monoisotopic (exact) mass is 325 g/mol. The lowest BCUT2D eigenvalue weighted by atomic mass is 10.3. The summed E-state index contributed by atoms with van der Waals surface area (Å²) >= 11 is 3.16. The van der Waals surface area contributed by atoms with Gasteiger partial charge in [0.1, 0.15) is 12.4 Å². The molecule has 2 rings (SSSR count). The summed E-state index contributed by atoms with van der Waals surface area (Å²) in [7, 11) is 0. The van der Waals surface area contributed by atoms with E-state index >= 15 is 0 Å². The fourth-order valence-electron chi connectivity index (χ4n) is 1.48. The minimum atomic E-state index is -0.428. The third-order valence-electron chi connectivity index (χ3n) is 2.29. The third kappa shape index (κ3) is 3.90. The lowest BCUT2D eigenvalue weighted by Crippen LogP contribution is -2.10. The molecule has 0 aliphatic rings. The molecule has 0 spiro atoms. The lowest BCUT2D eigenvalue weighted by molar-refractivity contribution is 0.328. The van der Waals surface area contributed by atoms with E-state index in [0.29, 0.717) is 29.1 Å². The van der Waals surface area contributed by atoms with Crippen LogP contribution < -0.4 is 15.8 Å². The van der Waals surface area contributed by atoms with Gasteiger partial charge >= 0.3 is 0 Å². The van der Waals surface area contributed by atoms with Gasteiger partial charge in [-0.25, -0.2) is 9.37 Å². The molecule has 0 aliphatic carbocycles. The molecule has 3 N–H and O–H groups in total. The van der Waals surface area contributed by atoms with Gasteiger partial charge < -0.3 is 15.8 Å². The van der Waals surface area contributed by atoms with E-state index in [1.165, 1.54) is 12.3 Å². The highest BCUT2D eigenvalue weighted by molar-refractivity contribution is 9.10. The average molecular weight is 326 g/mol. The predicted molar refractivity (Wildman–Crippen MR) is 76.2 cm³/mol. The minimum absolute atomic E-state index is 0.166. The highest BCUT2D eigenvalue weighted by Crippen LogP contribution is 2.23. The van der Waals surface area contributed by atoms with E-state index in [1.807, 2.05) is 12.1 Å². The summed E-state index contributed by atoms with van der Waals surface area (Å²) in [6.07, 6.45) is 1.53. The summed E-state index contributed by atoms with van der Waals surface area (Å²) in [4.78, 5) is 3.97. The van der Waals surface area contributed by atoms with Crippen molar-refractivity contribution in [1.82, 2.24) is 4.98 Å². The number of nitrogens with zero attached hydrogens (tertiary/aromatic N) is 1. The molecule has 0 atom stereocenters. The van der Waals surface area contributed by atoms with Crippen molar-refractivity contribution in [2.45, 2.75) is 0 Å². The molecule has 4 nitrogen and oxygen atoms in total. The normalized spacial score (nSPS) is 10.3. The molecule has 2 aromatic rings. The Labute approximate surface area is 118 Å². The summed E-state index contributed by atoms with van der Waals surface area (Å²) in [6, 6.07) is 8.54. The maximum Gasteiger partial charge on any atom is 0.166 e. The van der Waals surface area contributed by atoms with Gasteiger partial charge in [0, 0.05) is 29.0 Å². The summed E-state index contributed by atoms with van der Waals surface area (Å²) in [5.74, 6) is 0.412. The summed E-state index contributed by atoms with van der Waals surface area (Å²) in [5, 5.41) is 2.90. The van der Waals surface area contributed by atoms with Crippen molar-refractivity contribution in [3.63, 3.8) is 0 Å². The van der Waals surface area contributed by atoms with Crippen LogP contribution in [0.25, 0.3) is 0 Å². The molecule has 0 radical (unpaired) electrons. The number of nitrogens with two attached hydrogens (primary N) is 1. The zero-order valence-corrected chi connectivity index (χ0v) is 11.7. The van der Waals surface area contributed by atoms with Crippen molar-refractivity contribution >= 4 is 27.4 Å². The molecular formula is C13H13BrFN3O. The van der Waals surface area contributed by atoms with E-state index in [2.05, 4.69) is 26.2 Å².